The largest absolute Gasteiger partial charge is 0.342 e. The van der Waals surface area contributed by atoms with Crippen molar-refractivity contribution in [3.05, 3.63) is 0 Å². The molecule has 0 aromatic heterocycles. The van der Waals surface area contributed by atoms with E-state index in [-0.39, 0.29) is 24.4 Å². The van der Waals surface area contributed by atoms with Crippen molar-refractivity contribution in [3.8, 4) is 0 Å². The second-order valence-electron chi connectivity index (χ2n) is 5.58. The summed E-state index contributed by atoms with van der Waals surface area (Å²) in [5.41, 5.74) is 5.85. The summed E-state index contributed by atoms with van der Waals surface area (Å²) in [6.07, 6.45) is 7.27. The van der Waals surface area contributed by atoms with Crippen molar-refractivity contribution < 1.29 is 4.79 Å². The summed E-state index contributed by atoms with van der Waals surface area (Å²) in [7, 11) is 1.97. The van der Waals surface area contributed by atoms with Crippen LogP contribution in [0.1, 0.15) is 38.5 Å². The molecule has 18 heavy (non-hydrogen) atoms. The highest BCUT2D eigenvalue weighted by Crippen LogP contribution is 2.21. The minimum atomic E-state index is 0. The summed E-state index contributed by atoms with van der Waals surface area (Å²) in [5, 5.41) is 0. The Morgan fingerprint density at radius 1 is 1.28 bits per heavy atom. The van der Waals surface area contributed by atoms with Crippen LogP contribution in [0, 0.1) is 0 Å². The van der Waals surface area contributed by atoms with Gasteiger partial charge in [0.05, 0.1) is 6.54 Å². The first-order chi connectivity index (χ1) is 8.16. The predicted molar refractivity (Wildman–Crippen MR) is 75.9 cm³/mol. The predicted octanol–water partition coefficient (Wildman–Crippen LogP) is 1.23. The van der Waals surface area contributed by atoms with Gasteiger partial charge in [-0.15, -0.1) is 12.4 Å². The molecule has 1 unspecified atom stereocenters. The molecule has 1 saturated heterocycles. The van der Waals surface area contributed by atoms with Gasteiger partial charge in [0.1, 0.15) is 0 Å². The van der Waals surface area contributed by atoms with Gasteiger partial charge < -0.3 is 10.6 Å². The van der Waals surface area contributed by atoms with Crippen molar-refractivity contribution >= 4 is 18.3 Å². The number of likely N-dealkylation sites (tertiary alicyclic amines) is 1. The Hall–Kier alpha value is -0.320. The van der Waals surface area contributed by atoms with E-state index < -0.39 is 0 Å². The van der Waals surface area contributed by atoms with Crippen molar-refractivity contribution in [2.45, 2.75) is 50.6 Å². The standard InChI is InChI=1S/C13H25N3O.ClH/c1-15(12-5-3-2-4-6-12)13(17)10-16-8-7-11(14)9-16;/h11-12H,2-10,14H2,1H3;1H. The van der Waals surface area contributed by atoms with Gasteiger partial charge in [-0.1, -0.05) is 19.3 Å². The van der Waals surface area contributed by atoms with E-state index in [0.29, 0.717) is 12.6 Å². The second kappa shape index (κ2) is 7.31. The van der Waals surface area contributed by atoms with Crippen molar-refractivity contribution in [1.82, 2.24) is 9.80 Å². The number of carbonyl (C=O) groups is 1. The smallest absolute Gasteiger partial charge is 0.236 e. The van der Waals surface area contributed by atoms with E-state index in [1.165, 1.54) is 32.1 Å². The molecule has 0 aromatic rings. The molecule has 0 radical (unpaired) electrons. The summed E-state index contributed by atoms with van der Waals surface area (Å²) in [5.74, 6) is 0.269. The van der Waals surface area contributed by atoms with Crippen molar-refractivity contribution in [2.24, 2.45) is 5.73 Å². The number of halogens is 1. The SMILES string of the molecule is CN(C(=O)CN1CCC(N)C1)C1CCCCC1.Cl. The zero-order valence-corrected chi connectivity index (χ0v) is 12.1. The van der Waals surface area contributed by atoms with E-state index in [1.54, 1.807) is 0 Å². The first-order valence-corrected chi connectivity index (χ1v) is 6.90. The molecule has 4 nitrogen and oxygen atoms in total. The molecule has 2 rings (SSSR count). The average molecular weight is 276 g/mol. The molecule has 5 heteroatoms. The van der Waals surface area contributed by atoms with Gasteiger partial charge in [0.2, 0.25) is 5.91 Å². The summed E-state index contributed by atoms with van der Waals surface area (Å²) < 4.78 is 0. The number of nitrogens with two attached hydrogens (primary N) is 1. The van der Waals surface area contributed by atoms with Crippen molar-refractivity contribution in [2.75, 3.05) is 26.7 Å². The Morgan fingerprint density at radius 2 is 1.94 bits per heavy atom. The highest BCUT2D eigenvalue weighted by atomic mass is 35.5. The van der Waals surface area contributed by atoms with Crippen LogP contribution < -0.4 is 5.73 Å². The maximum atomic E-state index is 12.1. The third kappa shape index (κ3) is 4.11. The molecule has 1 aliphatic heterocycles. The van der Waals surface area contributed by atoms with E-state index in [2.05, 4.69) is 4.90 Å². The van der Waals surface area contributed by atoms with Gasteiger partial charge in [0.15, 0.2) is 0 Å². The monoisotopic (exact) mass is 275 g/mol. The summed E-state index contributed by atoms with van der Waals surface area (Å²) in [6.45, 7) is 2.41. The van der Waals surface area contributed by atoms with Crippen LogP contribution in [0.25, 0.3) is 0 Å². The van der Waals surface area contributed by atoms with Crippen molar-refractivity contribution in [3.63, 3.8) is 0 Å². The first-order valence-electron chi connectivity index (χ1n) is 6.90. The highest BCUT2D eigenvalue weighted by molar-refractivity contribution is 5.85. The van der Waals surface area contributed by atoms with E-state index in [4.69, 9.17) is 5.73 Å². The fourth-order valence-electron chi connectivity index (χ4n) is 2.98. The van der Waals surface area contributed by atoms with E-state index in [1.807, 2.05) is 11.9 Å². The van der Waals surface area contributed by atoms with Gasteiger partial charge in [-0.25, -0.2) is 0 Å². The number of hydrogen-bond donors (Lipinski definition) is 1. The quantitative estimate of drug-likeness (QED) is 0.843. The molecule has 0 bridgehead atoms. The topological polar surface area (TPSA) is 49.6 Å². The van der Waals surface area contributed by atoms with Crippen LogP contribution in [0.3, 0.4) is 0 Å². The van der Waals surface area contributed by atoms with E-state index in [0.717, 1.165) is 19.5 Å². The van der Waals surface area contributed by atoms with Crippen LogP contribution in [0.4, 0.5) is 0 Å². The van der Waals surface area contributed by atoms with Crippen LogP contribution in [-0.4, -0.2) is 54.5 Å². The lowest BCUT2D eigenvalue weighted by Crippen LogP contribution is -2.44. The Bertz CT molecular complexity index is 269. The summed E-state index contributed by atoms with van der Waals surface area (Å²) >= 11 is 0. The molecule has 0 spiro atoms. The van der Waals surface area contributed by atoms with Crippen LogP contribution in [-0.2, 0) is 4.79 Å². The van der Waals surface area contributed by atoms with Crippen molar-refractivity contribution in [1.29, 1.82) is 0 Å². The molecule has 1 saturated carbocycles. The fourth-order valence-corrected chi connectivity index (χ4v) is 2.98. The Morgan fingerprint density at radius 3 is 2.50 bits per heavy atom. The first kappa shape index (κ1) is 15.7. The lowest BCUT2D eigenvalue weighted by atomic mass is 9.94. The average Bonchev–Trinajstić information content (AvgIpc) is 2.75. The number of amides is 1. The molecule has 1 atom stereocenters. The Kier molecular flexibility index (Phi) is 6.39. The van der Waals surface area contributed by atoms with Gasteiger partial charge in [-0.05, 0) is 19.3 Å². The molecule has 2 N–H and O–H groups in total. The molecule has 0 aromatic carbocycles. The lowest BCUT2D eigenvalue weighted by Gasteiger charge is -2.32. The minimum Gasteiger partial charge on any atom is -0.342 e. The van der Waals surface area contributed by atoms with Gasteiger partial charge in [0, 0.05) is 32.2 Å². The molecular formula is C13H26ClN3O. The van der Waals surface area contributed by atoms with Crippen LogP contribution in [0.5, 0.6) is 0 Å². The normalized spacial score (nSPS) is 25.8. The van der Waals surface area contributed by atoms with Crippen LogP contribution in [0.2, 0.25) is 0 Å². The Labute approximate surface area is 116 Å². The minimum absolute atomic E-state index is 0. The summed E-state index contributed by atoms with van der Waals surface area (Å²) in [6, 6.07) is 0.746. The maximum absolute atomic E-state index is 12.1. The second-order valence-corrected chi connectivity index (χ2v) is 5.58. The Balaban J connectivity index is 0.00000162. The van der Waals surface area contributed by atoms with Gasteiger partial charge in [-0.3, -0.25) is 9.69 Å². The summed E-state index contributed by atoms with van der Waals surface area (Å²) in [4.78, 5) is 16.3. The number of rotatable bonds is 3. The third-order valence-electron chi connectivity index (χ3n) is 4.18. The number of nitrogens with zero attached hydrogens (tertiary/aromatic N) is 2. The molecule has 106 valence electrons. The number of carbonyl (C=O) groups excluding carboxylic acids is 1. The fraction of sp³-hybridized carbons (Fsp3) is 0.923. The third-order valence-corrected chi connectivity index (χ3v) is 4.18. The van der Waals surface area contributed by atoms with Crippen LogP contribution in [0.15, 0.2) is 0 Å². The van der Waals surface area contributed by atoms with Gasteiger partial charge >= 0.3 is 0 Å². The zero-order chi connectivity index (χ0) is 12.3. The van der Waals surface area contributed by atoms with E-state index >= 15 is 0 Å². The molecule has 1 amide bonds. The number of hydrogen-bond acceptors (Lipinski definition) is 3. The molecular weight excluding hydrogens is 250 g/mol. The number of likely N-dealkylation sites (N-methyl/N-ethyl adjacent to an activating group) is 1. The van der Waals surface area contributed by atoms with Gasteiger partial charge in [0.25, 0.3) is 0 Å². The maximum Gasteiger partial charge on any atom is 0.236 e. The molecule has 2 fully saturated rings. The molecule has 1 aliphatic carbocycles. The highest BCUT2D eigenvalue weighted by Gasteiger charge is 2.26. The lowest BCUT2D eigenvalue weighted by molar-refractivity contribution is -0.133. The molecule has 1 heterocycles. The zero-order valence-electron chi connectivity index (χ0n) is 11.3. The van der Waals surface area contributed by atoms with E-state index in [9.17, 15) is 4.79 Å². The molecule has 2 aliphatic rings. The van der Waals surface area contributed by atoms with Crippen LogP contribution >= 0.6 is 12.4 Å². The van der Waals surface area contributed by atoms with Gasteiger partial charge in [-0.2, -0.15) is 0 Å².